The third-order valence-corrected chi connectivity index (χ3v) is 4.27. The van der Waals surface area contributed by atoms with Crippen molar-refractivity contribution in [3.8, 4) is 5.06 Å². The van der Waals surface area contributed by atoms with E-state index in [1.54, 1.807) is 12.0 Å². The van der Waals surface area contributed by atoms with Gasteiger partial charge in [0.25, 0.3) is 0 Å². The summed E-state index contributed by atoms with van der Waals surface area (Å²) in [4.78, 5) is 13.7. The number of thiophene rings is 1. The third-order valence-electron chi connectivity index (χ3n) is 3.36. The highest BCUT2D eigenvalue weighted by atomic mass is 32.1. The average molecular weight is 331 g/mol. The molecule has 2 aromatic rings. The molecule has 0 unspecified atom stereocenters. The maximum Gasteiger partial charge on any atom is 0.246 e. The lowest BCUT2D eigenvalue weighted by atomic mass is 10.2. The summed E-state index contributed by atoms with van der Waals surface area (Å²) in [5.74, 6) is -0.110. The number of hydrogen-bond acceptors (Lipinski definition) is 4. The minimum atomic E-state index is -0.110. The summed E-state index contributed by atoms with van der Waals surface area (Å²) in [5, 5.41) is 2.79. The van der Waals surface area contributed by atoms with E-state index in [2.05, 4.69) is 6.58 Å². The number of nitrogens with zero attached hydrogens (tertiary/aromatic N) is 1. The Balaban J connectivity index is 1.86. The molecule has 5 heteroatoms. The third kappa shape index (κ3) is 5.23. The highest BCUT2D eigenvalue weighted by Gasteiger charge is 2.14. The summed E-state index contributed by atoms with van der Waals surface area (Å²) in [6, 6.07) is 11.9. The molecule has 4 nitrogen and oxygen atoms in total. The highest BCUT2D eigenvalue weighted by Crippen LogP contribution is 2.26. The molecule has 0 atom stereocenters. The molecule has 23 heavy (non-hydrogen) atoms. The molecule has 2 rings (SSSR count). The first-order valence-electron chi connectivity index (χ1n) is 7.38. The fourth-order valence-electron chi connectivity index (χ4n) is 2.16. The van der Waals surface area contributed by atoms with Gasteiger partial charge in [-0.15, -0.1) is 11.3 Å². The zero-order chi connectivity index (χ0) is 16.5. The van der Waals surface area contributed by atoms with Crippen LogP contribution < -0.4 is 4.74 Å². The monoisotopic (exact) mass is 331 g/mol. The predicted molar refractivity (Wildman–Crippen MR) is 92.6 cm³/mol. The molecule has 0 radical (unpaired) electrons. The van der Waals surface area contributed by atoms with E-state index >= 15 is 0 Å². The summed E-state index contributed by atoms with van der Waals surface area (Å²) in [6.07, 6.45) is 1.33. The minimum absolute atomic E-state index is 0.110. The molecular weight excluding hydrogens is 310 g/mol. The minimum Gasteiger partial charge on any atom is -0.487 e. The molecular formula is C18H21NO3S. The molecule has 0 saturated heterocycles. The summed E-state index contributed by atoms with van der Waals surface area (Å²) in [6.45, 7) is 5.58. The second-order valence-electron chi connectivity index (χ2n) is 4.94. The Hall–Kier alpha value is -2.11. The van der Waals surface area contributed by atoms with E-state index in [9.17, 15) is 4.79 Å². The van der Waals surface area contributed by atoms with Crippen molar-refractivity contribution in [1.82, 2.24) is 4.90 Å². The normalized spacial score (nSPS) is 10.3. The van der Waals surface area contributed by atoms with E-state index in [0.717, 1.165) is 16.2 Å². The highest BCUT2D eigenvalue weighted by molar-refractivity contribution is 7.12. The number of carbonyl (C=O) groups excluding carboxylic acids is 1. The van der Waals surface area contributed by atoms with Gasteiger partial charge < -0.3 is 14.4 Å². The van der Waals surface area contributed by atoms with Gasteiger partial charge in [-0.3, -0.25) is 4.79 Å². The molecule has 1 heterocycles. The Morgan fingerprint density at radius 1 is 1.30 bits per heavy atom. The largest absolute Gasteiger partial charge is 0.487 e. The van der Waals surface area contributed by atoms with Crippen LogP contribution in [0.3, 0.4) is 0 Å². The molecule has 122 valence electrons. The molecule has 0 aliphatic rings. The van der Waals surface area contributed by atoms with Crippen LogP contribution in [0.25, 0.3) is 0 Å². The molecule has 0 aliphatic heterocycles. The lowest BCUT2D eigenvalue weighted by Gasteiger charge is -2.21. The molecule has 1 aromatic heterocycles. The van der Waals surface area contributed by atoms with E-state index in [1.165, 1.54) is 17.4 Å². The van der Waals surface area contributed by atoms with Crippen molar-refractivity contribution in [2.75, 3.05) is 20.3 Å². The number of carbonyl (C=O) groups is 1. The molecule has 0 spiro atoms. The van der Waals surface area contributed by atoms with E-state index < -0.39 is 0 Å². The Bertz CT molecular complexity index is 624. The smallest absolute Gasteiger partial charge is 0.246 e. The Morgan fingerprint density at radius 2 is 2.09 bits per heavy atom. The molecule has 1 aromatic carbocycles. The Kier molecular flexibility index (Phi) is 6.84. The van der Waals surface area contributed by atoms with Gasteiger partial charge in [0.15, 0.2) is 5.06 Å². The van der Waals surface area contributed by atoms with Crippen molar-refractivity contribution in [3.05, 3.63) is 65.6 Å². The van der Waals surface area contributed by atoms with Gasteiger partial charge in [0, 0.05) is 12.1 Å². The van der Waals surface area contributed by atoms with E-state index in [0.29, 0.717) is 26.3 Å². The maximum atomic E-state index is 12.0. The quantitative estimate of drug-likeness (QED) is 0.521. The van der Waals surface area contributed by atoms with Crippen LogP contribution in [0.4, 0.5) is 0 Å². The van der Waals surface area contributed by atoms with Crippen LogP contribution in [-0.4, -0.2) is 31.1 Å². The Morgan fingerprint density at radius 3 is 2.78 bits per heavy atom. The zero-order valence-electron chi connectivity index (χ0n) is 13.2. The van der Waals surface area contributed by atoms with Gasteiger partial charge in [-0.2, -0.15) is 0 Å². The van der Waals surface area contributed by atoms with Crippen molar-refractivity contribution in [3.63, 3.8) is 0 Å². The van der Waals surface area contributed by atoms with Gasteiger partial charge in [-0.25, -0.2) is 0 Å². The van der Waals surface area contributed by atoms with Crippen molar-refractivity contribution in [2.45, 2.75) is 13.2 Å². The summed E-state index contributed by atoms with van der Waals surface area (Å²) in [5.41, 5.74) is 2.12. The van der Waals surface area contributed by atoms with Gasteiger partial charge >= 0.3 is 0 Å². The van der Waals surface area contributed by atoms with E-state index in [-0.39, 0.29) is 5.91 Å². The predicted octanol–water partition coefficient (Wildman–Crippen LogP) is 3.49. The summed E-state index contributed by atoms with van der Waals surface area (Å²) in [7, 11) is 1.64. The number of amides is 1. The van der Waals surface area contributed by atoms with Crippen LogP contribution in [0.2, 0.25) is 0 Å². The van der Waals surface area contributed by atoms with Gasteiger partial charge in [0.05, 0.1) is 26.9 Å². The van der Waals surface area contributed by atoms with Crippen LogP contribution in [0, 0.1) is 0 Å². The molecule has 0 saturated carbocycles. The fourth-order valence-corrected chi connectivity index (χ4v) is 2.90. The van der Waals surface area contributed by atoms with Gasteiger partial charge in [-0.1, -0.05) is 36.9 Å². The van der Waals surface area contributed by atoms with Gasteiger partial charge in [0.1, 0.15) is 0 Å². The summed E-state index contributed by atoms with van der Waals surface area (Å²) < 4.78 is 11.0. The number of hydrogen-bond donors (Lipinski definition) is 0. The number of ether oxygens (including phenoxy) is 2. The van der Waals surface area contributed by atoms with Crippen molar-refractivity contribution in [2.24, 2.45) is 0 Å². The zero-order valence-corrected chi connectivity index (χ0v) is 14.1. The van der Waals surface area contributed by atoms with Crippen LogP contribution in [0.15, 0.2) is 54.4 Å². The van der Waals surface area contributed by atoms with Gasteiger partial charge in [-0.05, 0) is 23.1 Å². The van der Waals surface area contributed by atoms with Crippen molar-refractivity contribution < 1.29 is 14.3 Å². The van der Waals surface area contributed by atoms with E-state index in [4.69, 9.17) is 9.47 Å². The number of benzene rings is 1. The molecule has 0 fully saturated rings. The van der Waals surface area contributed by atoms with Crippen molar-refractivity contribution >= 4 is 17.2 Å². The van der Waals surface area contributed by atoms with E-state index in [1.807, 2.05) is 41.8 Å². The van der Waals surface area contributed by atoms with Crippen LogP contribution in [0.1, 0.15) is 11.1 Å². The number of rotatable bonds is 9. The average Bonchev–Trinajstić information content (AvgIpc) is 3.05. The van der Waals surface area contributed by atoms with Gasteiger partial charge in [0.2, 0.25) is 5.91 Å². The van der Waals surface area contributed by atoms with Crippen LogP contribution in [0.5, 0.6) is 5.06 Å². The first-order valence-corrected chi connectivity index (χ1v) is 8.26. The fraction of sp³-hybridized carbons (Fsp3) is 0.278. The molecule has 0 aliphatic carbocycles. The second-order valence-corrected chi connectivity index (χ2v) is 5.82. The number of methoxy groups -OCH3 is 1. The lowest BCUT2D eigenvalue weighted by Crippen LogP contribution is -2.32. The molecule has 1 amide bonds. The van der Waals surface area contributed by atoms with Crippen molar-refractivity contribution in [1.29, 1.82) is 0 Å². The first kappa shape index (κ1) is 17.2. The molecule has 0 bridgehead atoms. The van der Waals surface area contributed by atoms with Crippen LogP contribution >= 0.6 is 11.3 Å². The van der Waals surface area contributed by atoms with Crippen LogP contribution in [-0.2, 0) is 22.7 Å². The standard InChI is InChI=1S/C18H21NO3S/c1-3-17(20)19(13-16-9-12-23-18(16)21-2)10-11-22-14-15-7-5-4-6-8-15/h3-9,12H,1,10-11,13-14H2,2H3. The maximum absolute atomic E-state index is 12.0. The molecule has 0 N–H and O–H groups in total. The first-order chi connectivity index (χ1) is 11.2. The summed E-state index contributed by atoms with van der Waals surface area (Å²) >= 11 is 1.52. The topological polar surface area (TPSA) is 38.8 Å². The lowest BCUT2D eigenvalue weighted by molar-refractivity contribution is -0.127. The Labute approximate surface area is 141 Å². The second kappa shape index (κ2) is 9.12. The SMILES string of the molecule is C=CC(=O)N(CCOCc1ccccc1)Cc1ccsc1OC.